The molecule has 0 bridgehead atoms. The molecule has 136 valence electrons. The first-order valence-electron chi connectivity index (χ1n) is 8.75. The third-order valence-electron chi connectivity index (χ3n) is 3.97. The first-order valence-corrected chi connectivity index (χ1v) is 9.90. The van der Waals surface area contributed by atoms with E-state index < -0.39 is 0 Å². The molecule has 5 heteroatoms. The minimum Gasteiger partial charge on any atom is -0.490 e. The maximum atomic E-state index is 11.7. The Hall–Kier alpha value is -1.33. The van der Waals surface area contributed by atoms with E-state index in [1.54, 1.807) is 0 Å². The van der Waals surface area contributed by atoms with Gasteiger partial charge in [0.2, 0.25) is 0 Å². The second-order valence-corrected chi connectivity index (χ2v) is 7.17. The van der Waals surface area contributed by atoms with Crippen LogP contribution < -0.4 is 4.74 Å². The summed E-state index contributed by atoms with van der Waals surface area (Å²) in [5.74, 6) is 1.48. The Labute approximate surface area is 160 Å². The number of fused-ring (bicyclic) bond motifs is 1. The minimum atomic E-state index is -0.160. The van der Waals surface area contributed by atoms with E-state index >= 15 is 0 Å². The highest BCUT2D eigenvalue weighted by atomic mass is 32.1. The highest BCUT2D eigenvalue weighted by Crippen LogP contribution is 2.20. The second-order valence-electron chi connectivity index (χ2n) is 5.99. The largest absolute Gasteiger partial charge is 0.490 e. The monoisotopic (exact) mass is 378 g/mol. The van der Waals surface area contributed by atoms with Gasteiger partial charge in [0, 0.05) is 11.7 Å². The molecule has 2 rings (SSSR count). The average Bonchev–Trinajstić information content (AvgIpc) is 2.62. The number of hydrogen-bond acceptors (Lipinski definition) is 5. The summed E-state index contributed by atoms with van der Waals surface area (Å²) in [6, 6.07) is 14.1. The van der Waals surface area contributed by atoms with E-state index in [-0.39, 0.29) is 12.6 Å². The molecule has 0 heterocycles. The Bertz CT molecular complexity index is 660. The number of thiol groups is 2. The molecule has 25 heavy (non-hydrogen) atoms. The van der Waals surface area contributed by atoms with Crippen LogP contribution >= 0.6 is 25.3 Å². The molecule has 0 amide bonds. The molecule has 1 unspecified atom stereocenters. The number of unbranched alkanes of at least 4 members (excludes halogenated alkanes) is 1. The fourth-order valence-corrected chi connectivity index (χ4v) is 3.41. The molecule has 0 fully saturated rings. The van der Waals surface area contributed by atoms with E-state index in [2.05, 4.69) is 31.3 Å². The summed E-state index contributed by atoms with van der Waals surface area (Å²) in [5.41, 5.74) is 0. The van der Waals surface area contributed by atoms with Crippen LogP contribution in [0.3, 0.4) is 0 Å². The van der Waals surface area contributed by atoms with Crippen LogP contribution in [-0.2, 0) is 9.53 Å². The third-order valence-corrected chi connectivity index (χ3v) is 4.74. The predicted molar refractivity (Wildman–Crippen MR) is 110 cm³/mol. The molecule has 0 aliphatic carbocycles. The molecular weight excluding hydrogens is 352 g/mol. The van der Waals surface area contributed by atoms with Gasteiger partial charge < -0.3 is 9.47 Å². The molecule has 0 spiro atoms. The lowest BCUT2D eigenvalue weighted by Crippen LogP contribution is -2.12. The molecule has 0 radical (unpaired) electrons. The van der Waals surface area contributed by atoms with Gasteiger partial charge >= 0.3 is 5.97 Å². The summed E-state index contributed by atoms with van der Waals surface area (Å²) in [4.78, 5) is 11.7. The van der Waals surface area contributed by atoms with Crippen molar-refractivity contribution >= 4 is 42.0 Å². The number of esters is 1. The summed E-state index contributed by atoms with van der Waals surface area (Å²) in [7, 11) is 0. The van der Waals surface area contributed by atoms with Crippen LogP contribution in [0.5, 0.6) is 5.75 Å². The summed E-state index contributed by atoms with van der Waals surface area (Å²) in [6.45, 7) is 0.644. The van der Waals surface area contributed by atoms with Crippen molar-refractivity contribution in [2.75, 3.05) is 19.0 Å². The van der Waals surface area contributed by atoms with Crippen molar-refractivity contribution in [2.24, 2.45) is 0 Å². The van der Waals surface area contributed by atoms with E-state index in [0.717, 1.165) is 42.6 Å². The minimum absolute atomic E-state index is 0.160. The molecule has 0 aliphatic rings. The first kappa shape index (κ1) is 20.0. The summed E-state index contributed by atoms with van der Waals surface area (Å²) < 4.78 is 10.9. The van der Waals surface area contributed by atoms with Crippen LogP contribution in [-0.4, -0.2) is 30.2 Å². The number of rotatable bonds is 11. The smallest absolute Gasteiger partial charge is 0.305 e. The van der Waals surface area contributed by atoms with Gasteiger partial charge in [-0.05, 0) is 47.9 Å². The molecule has 0 saturated heterocycles. The Morgan fingerprint density at radius 1 is 1.00 bits per heavy atom. The van der Waals surface area contributed by atoms with E-state index in [4.69, 9.17) is 9.47 Å². The van der Waals surface area contributed by atoms with Gasteiger partial charge in [-0.15, -0.1) is 0 Å². The number of carbonyl (C=O) groups is 1. The fraction of sp³-hybridized carbons (Fsp3) is 0.450. The van der Waals surface area contributed by atoms with E-state index in [0.29, 0.717) is 18.3 Å². The van der Waals surface area contributed by atoms with Gasteiger partial charge in [-0.1, -0.05) is 36.8 Å². The fourth-order valence-electron chi connectivity index (χ4n) is 2.59. The standard InChI is InChI=1S/C20H26O3S2/c21-20(8-4-3-7-19(25)11-14-24)23-13-12-22-18-10-9-16-5-1-2-6-17(16)15-18/h1-2,5-6,9-10,15,19,24-25H,3-4,7-8,11-14H2. The summed E-state index contributed by atoms with van der Waals surface area (Å²) >= 11 is 8.67. The van der Waals surface area contributed by atoms with Crippen molar-refractivity contribution in [1.29, 1.82) is 0 Å². The molecule has 2 aromatic rings. The zero-order valence-corrected chi connectivity index (χ0v) is 16.2. The van der Waals surface area contributed by atoms with Crippen molar-refractivity contribution in [2.45, 2.75) is 37.4 Å². The molecule has 0 N–H and O–H groups in total. The van der Waals surface area contributed by atoms with Gasteiger partial charge in [-0.25, -0.2) is 0 Å². The zero-order valence-electron chi connectivity index (χ0n) is 14.4. The van der Waals surface area contributed by atoms with Crippen LogP contribution in [0.1, 0.15) is 32.1 Å². The van der Waals surface area contributed by atoms with Crippen molar-refractivity contribution < 1.29 is 14.3 Å². The van der Waals surface area contributed by atoms with Crippen LogP contribution in [0, 0.1) is 0 Å². The lowest BCUT2D eigenvalue weighted by atomic mass is 10.1. The molecule has 3 nitrogen and oxygen atoms in total. The van der Waals surface area contributed by atoms with Gasteiger partial charge in [-0.2, -0.15) is 25.3 Å². The normalized spacial score (nSPS) is 12.1. The second kappa shape index (κ2) is 11.3. The van der Waals surface area contributed by atoms with Gasteiger partial charge in [-0.3, -0.25) is 4.79 Å². The Kier molecular flexibility index (Phi) is 9.05. The molecule has 0 aromatic heterocycles. The molecule has 1 atom stereocenters. The number of hydrogen-bond donors (Lipinski definition) is 2. The first-order chi connectivity index (χ1) is 12.2. The molecule has 2 aromatic carbocycles. The van der Waals surface area contributed by atoms with Gasteiger partial charge in [0.1, 0.15) is 19.0 Å². The lowest BCUT2D eigenvalue weighted by Gasteiger charge is -2.09. The maximum Gasteiger partial charge on any atom is 0.305 e. The van der Waals surface area contributed by atoms with Crippen LogP contribution in [0.15, 0.2) is 42.5 Å². The Balaban J connectivity index is 1.58. The van der Waals surface area contributed by atoms with E-state index in [1.807, 2.05) is 36.4 Å². The highest BCUT2D eigenvalue weighted by Gasteiger charge is 2.06. The van der Waals surface area contributed by atoms with Crippen molar-refractivity contribution in [3.05, 3.63) is 42.5 Å². The number of benzene rings is 2. The van der Waals surface area contributed by atoms with Gasteiger partial charge in [0.25, 0.3) is 0 Å². The Morgan fingerprint density at radius 2 is 1.80 bits per heavy atom. The van der Waals surface area contributed by atoms with Crippen LogP contribution in [0.2, 0.25) is 0 Å². The van der Waals surface area contributed by atoms with Crippen LogP contribution in [0.4, 0.5) is 0 Å². The van der Waals surface area contributed by atoms with Crippen LogP contribution in [0.25, 0.3) is 10.8 Å². The average molecular weight is 379 g/mol. The number of ether oxygens (including phenoxy) is 2. The maximum absolute atomic E-state index is 11.7. The van der Waals surface area contributed by atoms with Gasteiger partial charge in [0.05, 0.1) is 0 Å². The van der Waals surface area contributed by atoms with Crippen molar-refractivity contribution in [1.82, 2.24) is 0 Å². The van der Waals surface area contributed by atoms with Crippen molar-refractivity contribution in [3.8, 4) is 5.75 Å². The molecule has 0 aliphatic heterocycles. The number of carbonyl (C=O) groups excluding carboxylic acids is 1. The molecule has 0 saturated carbocycles. The van der Waals surface area contributed by atoms with E-state index in [9.17, 15) is 4.79 Å². The summed E-state index contributed by atoms with van der Waals surface area (Å²) in [6.07, 6.45) is 4.31. The predicted octanol–water partition coefficient (Wildman–Crippen LogP) is 4.94. The zero-order chi connectivity index (χ0) is 17.9. The highest BCUT2D eigenvalue weighted by molar-refractivity contribution is 7.81. The molecular formula is C20H26O3S2. The van der Waals surface area contributed by atoms with Crippen molar-refractivity contribution in [3.63, 3.8) is 0 Å². The van der Waals surface area contributed by atoms with E-state index in [1.165, 1.54) is 5.39 Å². The lowest BCUT2D eigenvalue weighted by molar-refractivity contribution is -0.144. The third kappa shape index (κ3) is 7.61. The Morgan fingerprint density at radius 3 is 2.60 bits per heavy atom. The summed E-state index contributed by atoms with van der Waals surface area (Å²) in [5, 5.41) is 2.69. The topological polar surface area (TPSA) is 35.5 Å². The SMILES string of the molecule is O=C(CCCCC(S)CCS)OCCOc1ccc2ccccc2c1. The quantitative estimate of drug-likeness (QED) is 0.330. The van der Waals surface area contributed by atoms with Gasteiger partial charge in [0.15, 0.2) is 0 Å².